The van der Waals surface area contributed by atoms with Gasteiger partial charge in [0.2, 0.25) is 0 Å². The lowest BCUT2D eigenvalue weighted by atomic mass is 10.1. The molecule has 4 nitrogen and oxygen atoms in total. The monoisotopic (exact) mass is 352 g/mol. The minimum atomic E-state index is 0.689. The Labute approximate surface area is 153 Å². The highest BCUT2D eigenvalue weighted by molar-refractivity contribution is 7.11. The maximum absolute atomic E-state index is 4.64. The third kappa shape index (κ3) is 3.67. The van der Waals surface area contributed by atoms with E-state index in [9.17, 15) is 0 Å². The van der Waals surface area contributed by atoms with Crippen molar-refractivity contribution in [3.8, 4) is 11.4 Å². The van der Waals surface area contributed by atoms with Gasteiger partial charge in [-0.25, -0.2) is 4.98 Å². The van der Waals surface area contributed by atoms with Crippen molar-refractivity contribution in [3.05, 3.63) is 58.3 Å². The first kappa shape index (κ1) is 16.5. The molecule has 1 saturated heterocycles. The zero-order valence-electron chi connectivity index (χ0n) is 14.9. The van der Waals surface area contributed by atoms with E-state index in [1.54, 1.807) is 0 Å². The summed E-state index contributed by atoms with van der Waals surface area (Å²) in [6.07, 6.45) is 6.92. The van der Waals surface area contributed by atoms with E-state index in [1.165, 1.54) is 35.0 Å². The van der Waals surface area contributed by atoms with Crippen LogP contribution in [0, 0.1) is 19.8 Å². The van der Waals surface area contributed by atoms with Gasteiger partial charge in [-0.15, -0.1) is 11.3 Å². The summed E-state index contributed by atoms with van der Waals surface area (Å²) < 4.78 is 2.37. The molecule has 1 aliphatic rings. The molecule has 0 N–H and O–H groups in total. The van der Waals surface area contributed by atoms with Crippen LogP contribution < -0.4 is 0 Å². The van der Waals surface area contributed by atoms with Crippen LogP contribution in [-0.4, -0.2) is 32.5 Å². The van der Waals surface area contributed by atoms with Crippen LogP contribution in [0.15, 0.2) is 42.9 Å². The number of likely N-dealkylation sites (tertiary alicyclic amines) is 1. The predicted octanol–water partition coefficient (Wildman–Crippen LogP) is 4.15. The van der Waals surface area contributed by atoms with Crippen molar-refractivity contribution in [1.29, 1.82) is 0 Å². The highest BCUT2D eigenvalue weighted by Gasteiger charge is 2.24. The zero-order valence-corrected chi connectivity index (χ0v) is 15.7. The molecule has 0 spiro atoms. The highest BCUT2D eigenvalue weighted by Crippen LogP contribution is 2.26. The molecule has 4 heterocycles. The Kier molecular flexibility index (Phi) is 4.68. The molecule has 3 aromatic heterocycles. The van der Waals surface area contributed by atoms with Gasteiger partial charge in [0.15, 0.2) is 0 Å². The Morgan fingerprint density at radius 1 is 1.16 bits per heavy atom. The number of hydrogen-bond donors (Lipinski definition) is 0. The molecule has 0 amide bonds. The lowest BCUT2D eigenvalue weighted by molar-refractivity contribution is 0.311. The quantitative estimate of drug-likeness (QED) is 0.692. The Balaban J connectivity index is 1.44. The average molecular weight is 353 g/mol. The fourth-order valence-corrected chi connectivity index (χ4v) is 4.61. The Bertz CT molecular complexity index is 837. The lowest BCUT2D eigenvalue weighted by Crippen LogP contribution is -2.21. The van der Waals surface area contributed by atoms with Crippen LogP contribution in [0.3, 0.4) is 0 Å². The Hall–Kier alpha value is -1.98. The summed E-state index contributed by atoms with van der Waals surface area (Å²) >= 11 is 1.92. The van der Waals surface area contributed by atoms with Crippen molar-refractivity contribution in [2.24, 2.45) is 5.92 Å². The first-order chi connectivity index (χ1) is 12.2. The minimum Gasteiger partial charge on any atom is -0.328 e. The molecule has 3 aromatic rings. The van der Waals surface area contributed by atoms with E-state index in [1.807, 2.05) is 42.1 Å². The Morgan fingerprint density at radius 3 is 2.76 bits per heavy atom. The summed E-state index contributed by atoms with van der Waals surface area (Å²) in [7, 11) is 0. The molecule has 25 heavy (non-hydrogen) atoms. The Morgan fingerprint density at radius 2 is 2.00 bits per heavy atom. The molecule has 0 aliphatic carbocycles. The number of rotatable bonds is 5. The van der Waals surface area contributed by atoms with Crippen LogP contribution in [0.5, 0.6) is 0 Å². The van der Waals surface area contributed by atoms with Crippen molar-refractivity contribution in [2.45, 2.75) is 33.4 Å². The fraction of sp³-hybridized carbons (Fsp3) is 0.400. The molecule has 1 atom stereocenters. The van der Waals surface area contributed by atoms with Crippen molar-refractivity contribution >= 4 is 11.3 Å². The van der Waals surface area contributed by atoms with Crippen molar-refractivity contribution < 1.29 is 0 Å². The molecule has 5 heteroatoms. The topological polar surface area (TPSA) is 34.0 Å². The van der Waals surface area contributed by atoms with Gasteiger partial charge < -0.3 is 4.57 Å². The van der Waals surface area contributed by atoms with Gasteiger partial charge in [0.25, 0.3) is 0 Å². The molecule has 0 radical (unpaired) electrons. The number of pyridine rings is 1. The van der Waals surface area contributed by atoms with Crippen LogP contribution in [-0.2, 0) is 13.1 Å². The number of aryl methyl sites for hydroxylation is 2. The number of aromatic nitrogens is 3. The summed E-state index contributed by atoms with van der Waals surface area (Å²) in [4.78, 5) is 14.2. The van der Waals surface area contributed by atoms with E-state index < -0.39 is 0 Å². The number of nitrogens with zero attached hydrogens (tertiary/aromatic N) is 4. The number of hydrogen-bond acceptors (Lipinski definition) is 4. The molecule has 4 rings (SSSR count). The molecule has 0 aromatic carbocycles. The molecular formula is C20H24N4S. The largest absolute Gasteiger partial charge is 0.328 e. The summed E-state index contributed by atoms with van der Waals surface area (Å²) in [5.74, 6) is 1.75. The smallest absolute Gasteiger partial charge is 0.140 e. The minimum absolute atomic E-state index is 0.689. The van der Waals surface area contributed by atoms with Gasteiger partial charge in [-0.3, -0.25) is 9.88 Å². The second-order valence-electron chi connectivity index (χ2n) is 6.97. The summed E-state index contributed by atoms with van der Waals surface area (Å²) in [5.41, 5.74) is 2.38. The van der Waals surface area contributed by atoms with Gasteiger partial charge in [-0.1, -0.05) is 0 Å². The first-order valence-corrected chi connectivity index (χ1v) is 9.71. The molecule has 1 aliphatic heterocycles. The number of thiophene rings is 1. The van der Waals surface area contributed by atoms with Gasteiger partial charge >= 0.3 is 0 Å². The van der Waals surface area contributed by atoms with Crippen molar-refractivity contribution in [2.75, 3.05) is 13.1 Å². The van der Waals surface area contributed by atoms with Crippen LogP contribution in [0.4, 0.5) is 0 Å². The summed E-state index contributed by atoms with van der Waals surface area (Å²) in [6.45, 7) is 8.84. The van der Waals surface area contributed by atoms with Crippen molar-refractivity contribution in [3.63, 3.8) is 0 Å². The number of imidazole rings is 1. The summed E-state index contributed by atoms with van der Waals surface area (Å²) in [5, 5.41) is 0. The van der Waals surface area contributed by atoms with Gasteiger partial charge in [0, 0.05) is 59.2 Å². The lowest BCUT2D eigenvalue weighted by Gasteiger charge is -2.17. The SMILES string of the molecule is Cc1ccc(CN2CCC(Cn3c(C)cnc3-c3ccncc3)C2)s1. The van der Waals surface area contributed by atoms with E-state index >= 15 is 0 Å². The second kappa shape index (κ2) is 7.10. The van der Waals surface area contributed by atoms with Gasteiger partial charge in [-0.2, -0.15) is 0 Å². The third-order valence-electron chi connectivity index (χ3n) is 4.98. The van der Waals surface area contributed by atoms with E-state index in [0.717, 1.165) is 24.5 Å². The van der Waals surface area contributed by atoms with Gasteiger partial charge in [0.05, 0.1) is 0 Å². The normalized spacial score (nSPS) is 18.1. The molecule has 1 unspecified atom stereocenters. The van der Waals surface area contributed by atoms with E-state index in [-0.39, 0.29) is 0 Å². The van der Waals surface area contributed by atoms with Gasteiger partial charge in [-0.05, 0) is 57.0 Å². The second-order valence-corrected chi connectivity index (χ2v) is 8.34. The fourth-order valence-electron chi connectivity index (χ4n) is 3.68. The average Bonchev–Trinajstić information content (AvgIpc) is 3.32. The molecule has 0 saturated carbocycles. The molecule has 130 valence electrons. The molecular weight excluding hydrogens is 328 g/mol. The predicted molar refractivity (Wildman–Crippen MR) is 103 cm³/mol. The van der Waals surface area contributed by atoms with Crippen LogP contribution in [0.25, 0.3) is 11.4 Å². The van der Waals surface area contributed by atoms with Crippen LogP contribution in [0.2, 0.25) is 0 Å². The standard InChI is InChI=1S/C20H24N4S/c1-15-11-22-20(18-5-8-21-9-6-18)24(15)13-17-7-10-23(12-17)14-19-4-3-16(2)25-19/h3-6,8-9,11,17H,7,10,12-14H2,1-2H3. The van der Waals surface area contributed by atoms with Crippen LogP contribution >= 0.6 is 11.3 Å². The molecule has 1 fully saturated rings. The van der Waals surface area contributed by atoms with E-state index in [0.29, 0.717) is 5.92 Å². The third-order valence-corrected chi connectivity index (χ3v) is 5.97. The highest BCUT2D eigenvalue weighted by atomic mass is 32.1. The first-order valence-electron chi connectivity index (χ1n) is 8.89. The van der Waals surface area contributed by atoms with E-state index in [4.69, 9.17) is 0 Å². The summed E-state index contributed by atoms with van der Waals surface area (Å²) in [6, 6.07) is 8.58. The van der Waals surface area contributed by atoms with E-state index in [2.05, 4.69) is 45.4 Å². The van der Waals surface area contributed by atoms with Crippen molar-refractivity contribution in [1.82, 2.24) is 19.4 Å². The molecule has 0 bridgehead atoms. The maximum Gasteiger partial charge on any atom is 0.140 e. The van der Waals surface area contributed by atoms with Gasteiger partial charge in [0.1, 0.15) is 5.82 Å². The maximum atomic E-state index is 4.64. The van der Waals surface area contributed by atoms with Crippen LogP contribution in [0.1, 0.15) is 21.9 Å². The zero-order chi connectivity index (χ0) is 17.2.